The van der Waals surface area contributed by atoms with Crippen molar-refractivity contribution in [2.75, 3.05) is 18.2 Å². The van der Waals surface area contributed by atoms with Gasteiger partial charge in [0.2, 0.25) is 5.91 Å². The molecule has 0 unspecified atom stereocenters. The summed E-state index contributed by atoms with van der Waals surface area (Å²) >= 11 is 2.83. The molecule has 0 bridgehead atoms. The highest BCUT2D eigenvalue weighted by Gasteiger charge is 2.12. The third-order valence-corrected chi connectivity index (χ3v) is 6.19. The molecule has 5 nitrogen and oxygen atoms in total. The van der Waals surface area contributed by atoms with Crippen LogP contribution in [0.2, 0.25) is 0 Å². The summed E-state index contributed by atoms with van der Waals surface area (Å²) in [6.07, 6.45) is 0.205. The normalized spacial score (nSPS) is 10.6. The number of hydrogen-bond acceptors (Lipinski definition) is 6. The van der Waals surface area contributed by atoms with Gasteiger partial charge in [-0.25, -0.2) is 4.98 Å². The minimum absolute atomic E-state index is 0.0296. The molecule has 0 fully saturated rings. The summed E-state index contributed by atoms with van der Waals surface area (Å²) in [5.41, 5.74) is 4.35. The van der Waals surface area contributed by atoms with Crippen molar-refractivity contribution >= 4 is 40.5 Å². The number of thiazole rings is 1. The number of nitrogens with zero attached hydrogens (tertiary/aromatic N) is 1. The molecule has 29 heavy (non-hydrogen) atoms. The molecule has 0 aliphatic heterocycles. The van der Waals surface area contributed by atoms with E-state index >= 15 is 0 Å². The van der Waals surface area contributed by atoms with E-state index < -0.39 is 0 Å². The van der Waals surface area contributed by atoms with Gasteiger partial charge in [0, 0.05) is 16.6 Å². The lowest BCUT2D eigenvalue weighted by atomic mass is 10.1. The molecule has 3 rings (SSSR count). The van der Waals surface area contributed by atoms with Gasteiger partial charge in [-0.05, 0) is 61.4 Å². The number of carbonyl (C=O) groups is 2. The van der Waals surface area contributed by atoms with Gasteiger partial charge in [0.15, 0.2) is 10.1 Å². The Morgan fingerprint density at radius 3 is 2.45 bits per heavy atom. The van der Waals surface area contributed by atoms with Crippen LogP contribution in [0, 0.1) is 13.8 Å². The van der Waals surface area contributed by atoms with Gasteiger partial charge in [0.05, 0.1) is 25.0 Å². The molecular weight excluding hydrogens is 404 g/mol. The van der Waals surface area contributed by atoms with Crippen LogP contribution in [-0.4, -0.2) is 29.5 Å². The Bertz CT molecular complexity index is 993. The fourth-order valence-corrected chi connectivity index (χ4v) is 4.58. The second-order valence-electron chi connectivity index (χ2n) is 6.65. The van der Waals surface area contributed by atoms with Gasteiger partial charge in [0.1, 0.15) is 5.75 Å². The van der Waals surface area contributed by atoms with E-state index in [0.29, 0.717) is 17.0 Å². The highest BCUT2D eigenvalue weighted by atomic mass is 32.2. The molecule has 0 radical (unpaired) electrons. The molecule has 0 saturated heterocycles. The molecule has 1 aromatic heterocycles. The maximum Gasteiger partial charge on any atom is 0.230 e. The molecule has 2 aromatic carbocycles. The number of carbonyl (C=O) groups excluding carboxylic acids is 2. The minimum atomic E-state index is -0.105. The minimum Gasteiger partial charge on any atom is -0.497 e. The lowest BCUT2D eigenvalue weighted by molar-refractivity contribution is -0.115. The molecule has 0 atom stereocenters. The van der Waals surface area contributed by atoms with Crippen LogP contribution in [0.5, 0.6) is 5.75 Å². The second kappa shape index (κ2) is 9.71. The molecule has 1 N–H and O–H groups in total. The molecule has 1 heterocycles. The number of amides is 1. The summed E-state index contributed by atoms with van der Waals surface area (Å²) in [6, 6.07) is 13.0. The van der Waals surface area contributed by atoms with Gasteiger partial charge in [0.25, 0.3) is 0 Å². The lowest BCUT2D eigenvalue weighted by Gasteiger charge is -2.06. The van der Waals surface area contributed by atoms with Crippen molar-refractivity contribution in [3.8, 4) is 5.75 Å². The first-order valence-electron chi connectivity index (χ1n) is 9.05. The largest absolute Gasteiger partial charge is 0.497 e. The van der Waals surface area contributed by atoms with Gasteiger partial charge >= 0.3 is 0 Å². The van der Waals surface area contributed by atoms with Crippen LogP contribution in [0.25, 0.3) is 0 Å². The Labute approximate surface area is 178 Å². The van der Waals surface area contributed by atoms with Crippen molar-refractivity contribution in [1.82, 2.24) is 4.98 Å². The van der Waals surface area contributed by atoms with Gasteiger partial charge in [-0.15, -0.1) is 11.3 Å². The summed E-state index contributed by atoms with van der Waals surface area (Å²) < 4.78 is 5.88. The fourth-order valence-electron chi connectivity index (χ4n) is 2.84. The SMILES string of the molecule is COc1ccc(C(=O)CSc2nc(CC(=O)Nc3cc(C)cc(C)c3)cs2)cc1. The maximum absolute atomic E-state index is 12.3. The first-order chi connectivity index (χ1) is 13.9. The zero-order valence-electron chi connectivity index (χ0n) is 16.5. The number of thioether (sulfide) groups is 1. The average molecular weight is 427 g/mol. The third-order valence-electron chi connectivity index (χ3n) is 4.12. The number of aromatic nitrogens is 1. The van der Waals surface area contributed by atoms with Crippen LogP contribution < -0.4 is 10.1 Å². The summed E-state index contributed by atoms with van der Waals surface area (Å²) in [5.74, 6) is 0.944. The first kappa shape index (κ1) is 21.1. The van der Waals surface area contributed by atoms with Crippen molar-refractivity contribution in [3.63, 3.8) is 0 Å². The second-order valence-corrected chi connectivity index (χ2v) is 8.73. The quantitative estimate of drug-likeness (QED) is 0.409. The monoisotopic (exact) mass is 426 g/mol. The van der Waals surface area contributed by atoms with E-state index in [-0.39, 0.29) is 18.1 Å². The number of ketones is 1. The molecule has 0 saturated carbocycles. The topological polar surface area (TPSA) is 68.3 Å². The van der Waals surface area contributed by atoms with Gasteiger partial charge < -0.3 is 10.1 Å². The van der Waals surface area contributed by atoms with E-state index in [0.717, 1.165) is 26.9 Å². The summed E-state index contributed by atoms with van der Waals surface area (Å²) in [6.45, 7) is 4.00. The zero-order chi connectivity index (χ0) is 20.8. The van der Waals surface area contributed by atoms with Crippen molar-refractivity contribution in [2.45, 2.75) is 24.6 Å². The number of methoxy groups -OCH3 is 1. The smallest absolute Gasteiger partial charge is 0.230 e. The van der Waals surface area contributed by atoms with Crippen LogP contribution >= 0.6 is 23.1 Å². The summed E-state index contributed by atoms with van der Waals surface area (Å²) in [5, 5.41) is 4.78. The third kappa shape index (κ3) is 6.17. The average Bonchev–Trinajstić information content (AvgIpc) is 3.12. The Hall–Kier alpha value is -2.64. The van der Waals surface area contributed by atoms with E-state index in [1.165, 1.54) is 23.1 Å². The zero-order valence-corrected chi connectivity index (χ0v) is 18.2. The number of hydrogen-bond donors (Lipinski definition) is 1. The van der Waals surface area contributed by atoms with Crippen LogP contribution in [0.1, 0.15) is 27.2 Å². The lowest BCUT2D eigenvalue weighted by Crippen LogP contribution is -2.14. The number of rotatable bonds is 8. The van der Waals surface area contributed by atoms with Gasteiger partial charge in [-0.3, -0.25) is 9.59 Å². The van der Waals surface area contributed by atoms with E-state index in [2.05, 4.69) is 16.4 Å². The fraction of sp³-hybridized carbons (Fsp3) is 0.227. The highest BCUT2D eigenvalue weighted by Crippen LogP contribution is 2.24. The number of Topliss-reactive ketones (excluding diaryl/α,β-unsaturated/α-hetero) is 1. The maximum atomic E-state index is 12.3. The molecule has 1 amide bonds. The van der Waals surface area contributed by atoms with Crippen molar-refractivity contribution < 1.29 is 14.3 Å². The number of ether oxygens (including phenoxy) is 1. The molecule has 0 aliphatic carbocycles. The number of benzene rings is 2. The van der Waals surface area contributed by atoms with Crippen LogP contribution in [0.4, 0.5) is 5.69 Å². The molecule has 0 aliphatic rings. The number of nitrogens with one attached hydrogen (secondary N) is 1. The Balaban J connectivity index is 1.52. The molecule has 150 valence electrons. The van der Waals surface area contributed by atoms with Crippen molar-refractivity contribution in [2.24, 2.45) is 0 Å². The summed E-state index contributed by atoms with van der Waals surface area (Å²) in [7, 11) is 1.59. The molecule has 0 spiro atoms. The molecule has 3 aromatic rings. The van der Waals surface area contributed by atoms with Gasteiger partial charge in [-0.1, -0.05) is 17.8 Å². The van der Waals surface area contributed by atoms with E-state index in [1.54, 1.807) is 31.4 Å². The van der Waals surface area contributed by atoms with Gasteiger partial charge in [-0.2, -0.15) is 0 Å². The molecule has 7 heteroatoms. The van der Waals surface area contributed by atoms with E-state index in [4.69, 9.17) is 4.74 Å². The highest BCUT2D eigenvalue weighted by molar-refractivity contribution is 8.01. The number of anilines is 1. The van der Waals surface area contributed by atoms with Crippen molar-refractivity contribution in [1.29, 1.82) is 0 Å². The van der Waals surface area contributed by atoms with Crippen LogP contribution in [0.3, 0.4) is 0 Å². The first-order valence-corrected chi connectivity index (χ1v) is 10.9. The Morgan fingerprint density at radius 2 is 1.79 bits per heavy atom. The van der Waals surface area contributed by atoms with Crippen molar-refractivity contribution in [3.05, 3.63) is 70.2 Å². The number of aryl methyl sites for hydroxylation is 2. The summed E-state index contributed by atoms with van der Waals surface area (Å²) in [4.78, 5) is 29.1. The van der Waals surface area contributed by atoms with E-state index in [9.17, 15) is 9.59 Å². The standard InChI is InChI=1S/C22H22N2O3S2/c1-14-8-15(2)10-17(9-14)23-21(26)11-18-12-28-22(24-18)29-13-20(25)16-4-6-19(27-3)7-5-16/h4-10,12H,11,13H2,1-3H3,(H,23,26). The van der Waals surface area contributed by atoms with Crippen LogP contribution in [-0.2, 0) is 11.2 Å². The van der Waals surface area contributed by atoms with Crippen LogP contribution in [0.15, 0.2) is 52.2 Å². The predicted octanol–water partition coefficient (Wildman–Crippen LogP) is 4.92. The Kier molecular flexibility index (Phi) is 7.06. The Morgan fingerprint density at radius 1 is 1.10 bits per heavy atom. The molecular formula is C22H22N2O3S2. The predicted molar refractivity (Wildman–Crippen MR) is 118 cm³/mol. The van der Waals surface area contributed by atoms with E-state index in [1.807, 2.05) is 31.4 Å².